The van der Waals surface area contributed by atoms with Crippen molar-refractivity contribution < 1.29 is 31.3 Å². The van der Waals surface area contributed by atoms with Gasteiger partial charge in [0, 0.05) is 46.1 Å². The Balaban J connectivity index is 1.62. The first kappa shape index (κ1) is 22.4. The van der Waals surface area contributed by atoms with Crippen molar-refractivity contribution in [3.05, 3.63) is 53.5 Å². The summed E-state index contributed by atoms with van der Waals surface area (Å²) in [6.07, 6.45) is -0.529. The third-order valence-electron chi connectivity index (χ3n) is 6.13. The predicted octanol–water partition coefficient (Wildman–Crippen LogP) is 4.61. The van der Waals surface area contributed by atoms with E-state index >= 15 is 4.39 Å². The number of aliphatic hydroxyl groups is 1. The van der Waals surface area contributed by atoms with Crippen LogP contribution in [0.25, 0.3) is 22.0 Å². The van der Waals surface area contributed by atoms with Gasteiger partial charge in [0.25, 0.3) is 0 Å². The molecule has 0 radical (unpaired) electrons. The van der Waals surface area contributed by atoms with Crippen LogP contribution in [0.4, 0.5) is 22.0 Å². The molecular weight excluding hydrogens is 465 g/mol. The van der Waals surface area contributed by atoms with Gasteiger partial charge >= 0.3 is 6.18 Å². The van der Waals surface area contributed by atoms with Crippen molar-refractivity contribution in [1.82, 2.24) is 14.3 Å². The zero-order valence-corrected chi connectivity index (χ0v) is 18.0. The first-order valence-electron chi connectivity index (χ1n) is 10.5. The molecule has 1 aromatic carbocycles. The highest BCUT2D eigenvalue weighted by Crippen LogP contribution is 2.41. The minimum Gasteiger partial charge on any atom is -0.393 e. The third kappa shape index (κ3) is 4.29. The highest BCUT2D eigenvalue weighted by atomic mass is 32.2. The lowest BCUT2D eigenvalue weighted by molar-refractivity contribution is -0.140. The van der Waals surface area contributed by atoms with Gasteiger partial charge in [0.2, 0.25) is 0 Å². The van der Waals surface area contributed by atoms with Crippen LogP contribution in [0.15, 0.2) is 30.6 Å². The average Bonchev–Trinajstić information content (AvgIpc) is 3.51. The van der Waals surface area contributed by atoms with Crippen LogP contribution >= 0.6 is 0 Å². The third-order valence-corrected chi connectivity index (χ3v) is 7.64. The molecule has 1 unspecified atom stereocenters. The Labute approximate surface area is 188 Å². The van der Waals surface area contributed by atoms with Gasteiger partial charge in [0.1, 0.15) is 11.6 Å². The Hall–Kier alpha value is -2.37. The molecule has 0 aliphatic heterocycles. The van der Waals surface area contributed by atoms with E-state index in [-0.39, 0.29) is 17.8 Å². The van der Waals surface area contributed by atoms with Gasteiger partial charge in [0.15, 0.2) is 5.69 Å². The topological polar surface area (TPSA) is 67.2 Å². The summed E-state index contributed by atoms with van der Waals surface area (Å²) in [5.74, 6) is -1.96. The fourth-order valence-corrected chi connectivity index (χ4v) is 5.29. The minimum atomic E-state index is -4.90. The molecule has 176 valence electrons. The second kappa shape index (κ2) is 8.14. The summed E-state index contributed by atoms with van der Waals surface area (Å²) in [4.78, 5) is 3.17. The van der Waals surface area contributed by atoms with Crippen LogP contribution in [0.3, 0.4) is 0 Å². The molecule has 5 nitrogen and oxygen atoms in total. The van der Waals surface area contributed by atoms with Gasteiger partial charge in [0.05, 0.1) is 23.3 Å². The van der Waals surface area contributed by atoms with Crippen LogP contribution in [0.2, 0.25) is 0 Å². The number of benzene rings is 1. The summed E-state index contributed by atoms with van der Waals surface area (Å²) < 4.78 is 86.3. The van der Waals surface area contributed by atoms with Crippen LogP contribution in [0, 0.1) is 11.6 Å². The number of pyridine rings is 1. The van der Waals surface area contributed by atoms with E-state index in [1.165, 1.54) is 6.07 Å². The number of rotatable bonds is 6. The average molecular weight is 485 g/mol. The zero-order valence-electron chi connectivity index (χ0n) is 17.2. The van der Waals surface area contributed by atoms with Crippen LogP contribution < -0.4 is 4.72 Å². The standard InChI is InChI=1S/C22H20F5N3O2S/c23-12-3-18(21(28-9-12)22(25,26)27)17-7-20-16(6-19(17)24)11(8-29-33(32)15-1-2-15)10-30(20)13-4-14(31)5-13/h3,6-7,9-10,13-15,29,31H,1-2,4-5,8H2. The summed E-state index contributed by atoms with van der Waals surface area (Å²) in [6.45, 7) is 0.190. The minimum absolute atomic E-state index is 0.102. The lowest BCUT2D eigenvalue weighted by Gasteiger charge is -2.33. The SMILES string of the molecule is O=S(NCc1cn(C2CC(O)C2)c2cc(-c3cc(F)cnc3C(F)(F)F)c(F)cc12)C1CC1. The fraction of sp³-hybridized carbons (Fsp3) is 0.409. The van der Waals surface area contributed by atoms with Crippen LogP contribution in [0.5, 0.6) is 0 Å². The molecule has 2 saturated carbocycles. The summed E-state index contributed by atoms with van der Waals surface area (Å²) in [7, 11) is -1.22. The van der Waals surface area contributed by atoms with Crippen molar-refractivity contribution in [3.8, 4) is 11.1 Å². The summed E-state index contributed by atoms with van der Waals surface area (Å²) in [5, 5.41) is 10.3. The molecule has 2 heterocycles. The van der Waals surface area contributed by atoms with Crippen molar-refractivity contribution in [2.24, 2.45) is 0 Å². The summed E-state index contributed by atoms with van der Waals surface area (Å²) in [6, 6.07) is 2.90. The van der Waals surface area contributed by atoms with Crippen molar-refractivity contribution >= 4 is 21.9 Å². The molecule has 1 atom stereocenters. The number of halogens is 5. The van der Waals surface area contributed by atoms with E-state index in [1.54, 1.807) is 10.8 Å². The molecular formula is C22H20F5N3O2S. The first-order valence-corrected chi connectivity index (χ1v) is 11.7. The van der Waals surface area contributed by atoms with Crippen LogP contribution in [0.1, 0.15) is 43.0 Å². The van der Waals surface area contributed by atoms with Crippen molar-refractivity contribution in [2.75, 3.05) is 0 Å². The van der Waals surface area contributed by atoms with Gasteiger partial charge in [-0.15, -0.1) is 0 Å². The van der Waals surface area contributed by atoms with Crippen LogP contribution in [-0.2, 0) is 23.7 Å². The number of hydrogen-bond acceptors (Lipinski definition) is 3. The number of aromatic nitrogens is 2. The van der Waals surface area contributed by atoms with Gasteiger partial charge < -0.3 is 9.67 Å². The molecule has 2 fully saturated rings. The number of hydrogen-bond donors (Lipinski definition) is 2. The Kier molecular flexibility index (Phi) is 5.53. The Bertz CT molecular complexity index is 1250. The van der Waals surface area contributed by atoms with E-state index in [1.807, 2.05) is 0 Å². The van der Waals surface area contributed by atoms with Crippen molar-refractivity contribution in [2.45, 2.75) is 55.8 Å². The normalized spacial score (nSPS) is 21.9. The first-order chi connectivity index (χ1) is 15.6. The van der Waals surface area contributed by atoms with Crippen molar-refractivity contribution in [1.29, 1.82) is 0 Å². The molecule has 5 rings (SSSR count). The zero-order chi connectivity index (χ0) is 23.5. The molecule has 0 bridgehead atoms. The second-order valence-electron chi connectivity index (χ2n) is 8.56. The maximum atomic E-state index is 15.1. The van der Waals surface area contributed by atoms with Gasteiger partial charge in [-0.2, -0.15) is 13.2 Å². The van der Waals surface area contributed by atoms with E-state index in [0.29, 0.717) is 41.6 Å². The second-order valence-corrected chi connectivity index (χ2v) is 10.1. The number of alkyl halides is 3. The molecule has 0 saturated heterocycles. The number of fused-ring (bicyclic) bond motifs is 1. The Morgan fingerprint density at radius 2 is 1.88 bits per heavy atom. The van der Waals surface area contributed by atoms with Gasteiger partial charge in [-0.1, -0.05) is 0 Å². The van der Waals surface area contributed by atoms with Crippen LogP contribution in [-0.4, -0.2) is 30.2 Å². The highest BCUT2D eigenvalue weighted by Gasteiger charge is 2.37. The molecule has 11 heteroatoms. The summed E-state index contributed by atoms with van der Waals surface area (Å²) >= 11 is 0. The molecule has 2 aromatic heterocycles. The van der Waals surface area contributed by atoms with Crippen molar-refractivity contribution in [3.63, 3.8) is 0 Å². The van der Waals surface area contributed by atoms with E-state index in [0.717, 1.165) is 18.9 Å². The van der Waals surface area contributed by atoms with Gasteiger partial charge in [-0.3, -0.25) is 0 Å². The van der Waals surface area contributed by atoms with E-state index < -0.39 is 51.7 Å². The molecule has 0 spiro atoms. The van der Waals surface area contributed by atoms with E-state index in [4.69, 9.17) is 0 Å². The molecule has 3 aromatic rings. The molecule has 2 aliphatic carbocycles. The number of nitrogens with zero attached hydrogens (tertiary/aromatic N) is 2. The fourth-order valence-electron chi connectivity index (χ4n) is 4.19. The maximum absolute atomic E-state index is 15.1. The Morgan fingerprint density at radius 1 is 1.15 bits per heavy atom. The van der Waals surface area contributed by atoms with Gasteiger partial charge in [-0.05, 0) is 49.4 Å². The molecule has 0 amide bonds. The predicted molar refractivity (Wildman–Crippen MR) is 112 cm³/mol. The molecule has 33 heavy (non-hydrogen) atoms. The van der Waals surface area contributed by atoms with Gasteiger partial charge in [-0.25, -0.2) is 22.7 Å². The largest absolute Gasteiger partial charge is 0.433 e. The lowest BCUT2D eigenvalue weighted by Crippen LogP contribution is -2.30. The van der Waals surface area contributed by atoms with E-state index in [9.17, 15) is 26.9 Å². The smallest absolute Gasteiger partial charge is 0.393 e. The summed E-state index contributed by atoms with van der Waals surface area (Å²) in [5.41, 5.74) is -1.38. The highest BCUT2D eigenvalue weighted by molar-refractivity contribution is 7.83. The van der Waals surface area contributed by atoms with E-state index in [2.05, 4.69) is 9.71 Å². The number of aliphatic hydroxyl groups excluding tert-OH is 1. The molecule has 2 N–H and O–H groups in total. The molecule has 2 aliphatic rings. The monoisotopic (exact) mass is 485 g/mol. The quantitative estimate of drug-likeness (QED) is 0.501. The lowest BCUT2D eigenvalue weighted by atomic mass is 9.89. The maximum Gasteiger partial charge on any atom is 0.433 e. The Morgan fingerprint density at radius 3 is 2.52 bits per heavy atom. The number of nitrogens with one attached hydrogen (secondary N) is 1.